The molecule has 0 aliphatic carbocycles. The molecule has 2 rings (SSSR count). The minimum absolute atomic E-state index is 0.000967. The molecule has 2 unspecified atom stereocenters. The summed E-state index contributed by atoms with van der Waals surface area (Å²) in [4.78, 5) is 10.2. The second-order valence-electron chi connectivity index (χ2n) is 4.06. The number of hydrogen-bond donors (Lipinski definition) is 2. The number of nitrogens with zero attached hydrogens (tertiary/aromatic N) is 3. The Morgan fingerprint density at radius 3 is 3.12 bits per heavy atom. The molecule has 7 heteroatoms. The quantitative estimate of drug-likeness (QED) is 0.823. The summed E-state index contributed by atoms with van der Waals surface area (Å²) in [5.74, 6) is 0.981. The lowest BCUT2D eigenvalue weighted by molar-refractivity contribution is -0.0423. The fourth-order valence-electron chi connectivity index (χ4n) is 1.91. The van der Waals surface area contributed by atoms with E-state index in [0.717, 1.165) is 10.3 Å². The van der Waals surface area contributed by atoms with Gasteiger partial charge in [-0.3, -0.25) is 0 Å². The van der Waals surface area contributed by atoms with Gasteiger partial charge in [-0.1, -0.05) is 0 Å². The fraction of sp³-hybridized carbons (Fsp3) is 0.600. The lowest BCUT2D eigenvalue weighted by Gasteiger charge is -2.37. The van der Waals surface area contributed by atoms with Crippen molar-refractivity contribution in [3.8, 4) is 0 Å². The number of ether oxygens (including phenoxy) is 1. The van der Waals surface area contributed by atoms with Crippen LogP contribution in [0.15, 0.2) is 10.7 Å². The molecule has 0 saturated carbocycles. The molecule has 2 atom stereocenters. The Morgan fingerprint density at radius 2 is 2.41 bits per heavy atom. The Morgan fingerprint density at radius 1 is 1.65 bits per heavy atom. The minimum atomic E-state index is -0.193. The van der Waals surface area contributed by atoms with E-state index in [4.69, 9.17) is 10.5 Å². The van der Waals surface area contributed by atoms with Crippen LogP contribution in [0.5, 0.6) is 0 Å². The van der Waals surface area contributed by atoms with E-state index < -0.39 is 0 Å². The summed E-state index contributed by atoms with van der Waals surface area (Å²) < 4.78 is 6.36. The van der Waals surface area contributed by atoms with Gasteiger partial charge in [-0.05, 0) is 22.9 Å². The zero-order chi connectivity index (χ0) is 12.4. The number of aliphatic hydroxyl groups excluding tert-OH is 1. The van der Waals surface area contributed by atoms with Gasteiger partial charge in [-0.25, -0.2) is 4.98 Å². The summed E-state index contributed by atoms with van der Waals surface area (Å²) in [6.07, 6.45) is 1.48. The molecule has 1 aromatic rings. The third-order valence-corrected chi connectivity index (χ3v) is 3.13. The van der Waals surface area contributed by atoms with Crippen molar-refractivity contribution in [1.29, 1.82) is 0 Å². The average molecular weight is 303 g/mol. The highest BCUT2D eigenvalue weighted by atomic mass is 79.9. The number of anilines is 2. The van der Waals surface area contributed by atoms with Gasteiger partial charge < -0.3 is 20.5 Å². The molecule has 1 saturated heterocycles. The van der Waals surface area contributed by atoms with Crippen LogP contribution in [0.25, 0.3) is 0 Å². The van der Waals surface area contributed by atoms with E-state index in [1.807, 2.05) is 11.8 Å². The lowest BCUT2D eigenvalue weighted by Crippen LogP contribution is -2.48. The predicted octanol–water partition coefficient (Wildman–Crippen LogP) is 0.407. The minimum Gasteiger partial charge on any atom is -0.394 e. The summed E-state index contributed by atoms with van der Waals surface area (Å²) in [5.41, 5.74) is 5.59. The largest absolute Gasteiger partial charge is 0.394 e. The maximum atomic E-state index is 9.18. The van der Waals surface area contributed by atoms with E-state index >= 15 is 0 Å². The summed E-state index contributed by atoms with van der Waals surface area (Å²) in [6.45, 7) is 3.27. The molecule has 94 valence electrons. The molecule has 0 radical (unpaired) electrons. The first-order valence-corrected chi connectivity index (χ1v) is 6.18. The molecule has 6 nitrogen and oxygen atoms in total. The fourth-order valence-corrected chi connectivity index (χ4v) is 2.35. The smallest absolute Gasteiger partial charge is 0.222 e. The molecule has 0 aromatic carbocycles. The van der Waals surface area contributed by atoms with Crippen molar-refractivity contribution >= 4 is 27.7 Å². The zero-order valence-corrected chi connectivity index (χ0v) is 11.1. The number of nitrogen functional groups attached to an aromatic ring is 1. The monoisotopic (exact) mass is 302 g/mol. The van der Waals surface area contributed by atoms with Crippen molar-refractivity contribution in [3.05, 3.63) is 10.7 Å². The molecule has 1 aliphatic heterocycles. The highest BCUT2D eigenvalue weighted by Crippen LogP contribution is 2.26. The molecule has 1 fully saturated rings. The van der Waals surface area contributed by atoms with Gasteiger partial charge in [0.2, 0.25) is 5.95 Å². The van der Waals surface area contributed by atoms with E-state index in [0.29, 0.717) is 13.1 Å². The Labute approximate surface area is 108 Å². The van der Waals surface area contributed by atoms with Crippen LogP contribution in [-0.2, 0) is 4.74 Å². The van der Waals surface area contributed by atoms with Crippen LogP contribution < -0.4 is 10.6 Å². The Hall–Kier alpha value is -0.920. The van der Waals surface area contributed by atoms with E-state index in [2.05, 4.69) is 25.9 Å². The SMILES string of the molecule is CC1CN(c2nc(N)ncc2Br)CC(CO)O1. The highest BCUT2D eigenvalue weighted by Gasteiger charge is 2.26. The van der Waals surface area contributed by atoms with Gasteiger partial charge in [-0.15, -0.1) is 0 Å². The van der Waals surface area contributed by atoms with E-state index in [-0.39, 0.29) is 24.8 Å². The number of aromatic nitrogens is 2. The van der Waals surface area contributed by atoms with Gasteiger partial charge in [0.1, 0.15) is 5.82 Å². The lowest BCUT2D eigenvalue weighted by atomic mass is 10.2. The topological polar surface area (TPSA) is 84.5 Å². The van der Waals surface area contributed by atoms with Crippen molar-refractivity contribution in [1.82, 2.24) is 9.97 Å². The number of rotatable bonds is 2. The van der Waals surface area contributed by atoms with Crippen molar-refractivity contribution in [3.63, 3.8) is 0 Å². The van der Waals surface area contributed by atoms with Crippen LogP contribution in [0.2, 0.25) is 0 Å². The third kappa shape index (κ3) is 2.85. The number of morpholine rings is 1. The number of halogens is 1. The van der Waals surface area contributed by atoms with Crippen LogP contribution in [0.4, 0.5) is 11.8 Å². The highest BCUT2D eigenvalue weighted by molar-refractivity contribution is 9.10. The average Bonchev–Trinajstić information content (AvgIpc) is 2.31. The first kappa shape index (κ1) is 12.5. The molecule has 0 amide bonds. The third-order valence-electron chi connectivity index (χ3n) is 2.57. The van der Waals surface area contributed by atoms with E-state index in [9.17, 15) is 5.11 Å². The molecule has 1 aromatic heterocycles. The summed E-state index contributed by atoms with van der Waals surface area (Å²) in [5, 5.41) is 9.18. The summed E-state index contributed by atoms with van der Waals surface area (Å²) in [6, 6.07) is 0. The van der Waals surface area contributed by atoms with Crippen LogP contribution in [0.3, 0.4) is 0 Å². The first-order valence-electron chi connectivity index (χ1n) is 5.39. The second-order valence-corrected chi connectivity index (χ2v) is 4.91. The van der Waals surface area contributed by atoms with Gasteiger partial charge in [-0.2, -0.15) is 4.98 Å². The molecular weight excluding hydrogens is 288 g/mol. The second kappa shape index (κ2) is 5.16. The first-order chi connectivity index (χ1) is 8.10. The van der Waals surface area contributed by atoms with E-state index in [1.165, 1.54) is 0 Å². The van der Waals surface area contributed by atoms with Gasteiger partial charge in [0.15, 0.2) is 0 Å². The van der Waals surface area contributed by atoms with Crippen molar-refractivity contribution in [2.45, 2.75) is 19.1 Å². The predicted molar refractivity (Wildman–Crippen MR) is 67.8 cm³/mol. The van der Waals surface area contributed by atoms with Crippen LogP contribution >= 0.6 is 15.9 Å². The Bertz CT molecular complexity index is 404. The maximum Gasteiger partial charge on any atom is 0.222 e. The van der Waals surface area contributed by atoms with Gasteiger partial charge in [0, 0.05) is 19.3 Å². The maximum absolute atomic E-state index is 9.18. The Kier molecular flexibility index (Phi) is 3.80. The van der Waals surface area contributed by atoms with Crippen LogP contribution in [0.1, 0.15) is 6.92 Å². The molecule has 3 N–H and O–H groups in total. The molecule has 17 heavy (non-hydrogen) atoms. The van der Waals surface area contributed by atoms with Crippen molar-refractivity contribution in [2.24, 2.45) is 0 Å². The van der Waals surface area contributed by atoms with Gasteiger partial charge in [0.25, 0.3) is 0 Å². The molecule has 0 bridgehead atoms. The van der Waals surface area contributed by atoms with E-state index in [1.54, 1.807) is 6.20 Å². The van der Waals surface area contributed by atoms with Crippen molar-refractivity contribution in [2.75, 3.05) is 30.3 Å². The molecule has 2 heterocycles. The number of hydrogen-bond acceptors (Lipinski definition) is 6. The van der Waals surface area contributed by atoms with Gasteiger partial charge in [0.05, 0.1) is 23.3 Å². The van der Waals surface area contributed by atoms with Crippen LogP contribution in [-0.4, -0.2) is 47.0 Å². The normalized spacial score (nSPS) is 25.0. The molecule has 1 aliphatic rings. The standard InChI is InChI=1S/C10H15BrN4O2/c1-6-3-15(4-7(5-16)17-6)9-8(11)2-13-10(12)14-9/h2,6-7,16H,3-5H2,1H3,(H2,12,13,14). The van der Waals surface area contributed by atoms with Crippen LogP contribution in [0, 0.1) is 0 Å². The summed E-state index contributed by atoms with van der Waals surface area (Å²) in [7, 11) is 0. The zero-order valence-electron chi connectivity index (χ0n) is 9.51. The molecule has 0 spiro atoms. The molecular formula is C10H15BrN4O2. The number of aliphatic hydroxyl groups is 1. The number of nitrogens with two attached hydrogens (primary N) is 1. The summed E-state index contributed by atoms with van der Waals surface area (Å²) >= 11 is 3.40. The van der Waals surface area contributed by atoms with Gasteiger partial charge >= 0.3 is 0 Å². The van der Waals surface area contributed by atoms with Crippen molar-refractivity contribution < 1.29 is 9.84 Å². The Balaban J connectivity index is 2.23.